The minimum absolute atomic E-state index is 0.0965. The Morgan fingerprint density at radius 1 is 1.25 bits per heavy atom. The quantitative estimate of drug-likeness (QED) is 0.715. The minimum atomic E-state index is -0.478. The van der Waals surface area contributed by atoms with Crippen molar-refractivity contribution >= 4 is 5.91 Å². The average Bonchev–Trinajstić information content (AvgIpc) is 2.96. The molecule has 0 saturated heterocycles. The first-order valence-corrected chi connectivity index (χ1v) is 6.47. The van der Waals surface area contributed by atoms with Crippen LogP contribution in [0.2, 0.25) is 0 Å². The third-order valence-corrected chi connectivity index (χ3v) is 2.76. The molecule has 2 rings (SSSR count). The van der Waals surface area contributed by atoms with Gasteiger partial charge in [0.25, 0.3) is 5.91 Å². The highest BCUT2D eigenvalue weighted by Crippen LogP contribution is 2.11. The van der Waals surface area contributed by atoms with Crippen LogP contribution in [0.1, 0.15) is 11.3 Å². The molecule has 3 N–H and O–H groups in total. The summed E-state index contributed by atoms with van der Waals surface area (Å²) in [6.07, 6.45) is 2.55. The van der Waals surface area contributed by atoms with Crippen LogP contribution in [0, 0.1) is 0 Å². The summed E-state index contributed by atoms with van der Waals surface area (Å²) in [5.74, 6) is 1.14. The largest absolute Gasteiger partial charge is 0.484 e. The maximum Gasteiger partial charge on any atom is 0.255 e. The van der Waals surface area contributed by atoms with Gasteiger partial charge in [0, 0.05) is 19.5 Å². The summed E-state index contributed by atoms with van der Waals surface area (Å²) < 4.78 is 10.4. The number of rotatable bonds is 8. The van der Waals surface area contributed by atoms with Crippen LogP contribution in [0.15, 0.2) is 47.1 Å². The molecule has 0 aliphatic carbocycles. The maximum absolute atomic E-state index is 10.6. The predicted octanol–water partition coefficient (Wildman–Crippen LogP) is 1.48. The Morgan fingerprint density at radius 3 is 2.70 bits per heavy atom. The van der Waals surface area contributed by atoms with Crippen LogP contribution in [0.4, 0.5) is 0 Å². The van der Waals surface area contributed by atoms with Crippen molar-refractivity contribution < 1.29 is 13.9 Å². The lowest BCUT2D eigenvalue weighted by molar-refractivity contribution is -0.119. The van der Waals surface area contributed by atoms with E-state index < -0.39 is 5.91 Å². The molecule has 1 aromatic carbocycles. The van der Waals surface area contributed by atoms with Crippen LogP contribution < -0.4 is 15.8 Å². The van der Waals surface area contributed by atoms with Gasteiger partial charge in [-0.3, -0.25) is 4.79 Å². The Labute approximate surface area is 117 Å². The van der Waals surface area contributed by atoms with Gasteiger partial charge in [-0.05, 0) is 29.8 Å². The lowest BCUT2D eigenvalue weighted by atomic mass is 10.2. The zero-order valence-corrected chi connectivity index (χ0v) is 11.2. The number of primary amides is 1. The topological polar surface area (TPSA) is 77.5 Å². The molecule has 5 heteroatoms. The van der Waals surface area contributed by atoms with E-state index in [1.54, 1.807) is 6.26 Å². The van der Waals surface area contributed by atoms with E-state index in [-0.39, 0.29) is 6.61 Å². The van der Waals surface area contributed by atoms with E-state index in [0.29, 0.717) is 5.75 Å². The van der Waals surface area contributed by atoms with Gasteiger partial charge in [0.05, 0.1) is 6.26 Å². The fourth-order valence-corrected chi connectivity index (χ4v) is 1.76. The second-order valence-corrected chi connectivity index (χ2v) is 4.41. The summed E-state index contributed by atoms with van der Waals surface area (Å²) in [7, 11) is 0. The number of hydrogen-bond acceptors (Lipinski definition) is 4. The van der Waals surface area contributed by atoms with Crippen LogP contribution in [0.5, 0.6) is 5.75 Å². The number of benzene rings is 1. The van der Waals surface area contributed by atoms with Crippen molar-refractivity contribution in [2.24, 2.45) is 5.73 Å². The van der Waals surface area contributed by atoms with E-state index in [4.69, 9.17) is 14.9 Å². The van der Waals surface area contributed by atoms with Gasteiger partial charge in [0.2, 0.25) is 0 Å². The van der Waals surface area contributed by atoms with Crippen molar-refractivity contribution in [1.29, 1.82) is 0 Å². The second-order valence-electron chi connectivity index (χ2n) is 4.41. The molecule has 0 atom stereocenters. The van der Waals surface area contributed by atoms with Crippen molar-refractivity contribution in [3.8, 4) is 5.75 Å². The summed E-state index contributed by atoms with van der Waals surface area (Å²) in [5, 5.41) is 3.33. The van der Waals surface area contributed by atoms with Gasteiger partial charge in [0.1, 0.15) is 11.5 Å². The van der Waals surface area contributed by atoms with Crippen LogP contribution in [0.3, 0.4) is 0 Å². The molecule has 0 radical (unpaired) electrons. The standard InChI is InChI=1S/C15H18N2O3/c16-15(18)11-20-14-5-3-12(4-6-14)10-17-8-7-13-2-1-9-19-13/h1-6,9,17H,7-8,10-11H2,(H2,16,18). The Kier molecular flexibility index (Phi) is 5.20. The number of nitrogens with one attached hydrogen (secondary N) is 1. The first kappa shape index (κ1) is 14.1. The number of carbonyl (C=O) groups excluding carboxylic acids is 1. The number of ether oxygens (including phenoxy) is 1. The van der Waals surface area contributed by atoms with Crippen LogP contribution in [-0.2, 0) is 17.8 Å². The Morgan fingerprint density at radius 2 is 2.05 bits per heavy atom. The van der Waals surface area contributed by atoms with Crippen molar-refractivity contribution in [2.75, 3.05) is 13.2 Å². The molecule has 0 spiro atoms. The summed E-state index contributed by atoms with van der Waals surface area (Å²) >= 11 is 0. The Hall–Kier alpha value is -2.27. The molecule has 0 unspecified atom stereocenters. The van der Waals surface area contributed by atoms with Crippen LogP contribution >= 0.6 is 0 Å². The van der Waals surface area contributed by atoms with E-state index in [1.807, 2.05) is 36.4 Å². The molecule has 1 amide bonds. The molecule has 1 aromatic heterocycles. The van der Waals surface area contributed by atoms with Crippen molar-refractivity contribution in [2.45, 2.75) is 13.0 Å². The van der Waals surface area contributed by atoms with Gasteiger partial charge in [-0.1, -0.05) is 12.1 Å². The highest BCUT2D eigenvalue weighted by molar-refractivity contribution is 5.75. The normalized spacial score (nSPS) is 10.4. The molecule has 0 bridgehead atoms. The molecule has 0 aliphatic rings. The molecule has 20 heavy (non-hydrogen) atoms. The minimum Gasteiger partial charge on any atom is -0.484 e. The third kappa shape index (κ3) is 4.78. The summed E-state index contributed by atoms with van der Waals surface area (Å²) in [6.45, 7) is 1.53. The SMILES string of the molecule is NC(=O)COc1ccc(CNCCc2ccco2)cc1. The van der Waals surface area contributed by atoms with Gasteiger partial charge in [0.15, 0.2) is 6.61 Å². The molecule has 106 valence electrons. The van der Waals surface area contributed by atoms with Gasteiger partial charge >= 0.3 is 0 Å². The van der Waals surface area contributed by atoms with E-state index in [1.165, 1.54) is 0 Å². The molecule has 0 aliphatic heterocycles. The van der Waals surface area contributed by atoms with Gasteiger partial charge in [-0.25, -0.2) is 0 Å². The summed E-state index contributed by atoms with van der Waals surface area (Å²) in [5.41, 5.74) is 6.16. The van der Waals surface area contributed by atoms with Crippen LogP contribution in [0.25, 0.3) is 0 Å². The smallest absolute Gasteiger partial charge is 0.255 e. The van der Waals surface area contributed by atoms with Crippen LogP contribution in [-0.4, -0.2) is 19.1 Å². The second kappa shape index (κ2) is 7.35. The van der Waals surface area contributed by atoms with Gasteiger partial charge in [-0.15, -0.1) is 0 Å². The first-order valence-electron chi connectivity index (χ1n) is 6.47. The van der Waals surface area contributed by atoms with Crippen molar-refractivity contribution in [3.05, 3.63) is 54.0 Å². The van der Waals surface area contributed by atoms with E-state index in [2.05, 4.69) is 5.32 Å². The molecule has 0 saturated carbocycles. The van der Waals surface area contributed by atoms with E-state index in [9.17, 15) is 4.79 Å². The zero-order chi connectivity index (χ0) is 14.2. The lowest BCUT2D eigenvalue weighted by Crippen LogP contribution is -2.20. The lowest BCUT2D eigenvalue weighted by Gasteiger charge is -2.06. The van der Waals surface area contributed by atoms with E-state index >= 15 is 0 Å². The zero-order valence-electron chi connectivity index (χ0n) is 11.2. The number of nitrogens with two attached hydrogens (primary N) is 1. The fraction of sp³-hybridized carbons (Fsp3) is 0.267. The number of carbonyl (C=O) groups is 1. The van der Waals surface area contributed by atoms with E-state index in [0.717, 1.165) is 30.8 Å². The monoisotopic (exact) mass is 274 g/mol. The molecule has 5 nitrogen and oxygen atoms in total. The Bertz CT molecular complexity index is 521. The van der Waals surface area contributed by atoms with Crippen molar-refractivity contribution in [3.63, 3.8) is 0 Å². The highest BCUT2D eigenvalue weighted by atomic mass is 16.5. The first-order chi connectivity index (χ1) is 9.74. The Balaban J connectivity index is 1.69. The summed E-state index contributed by atoms with van der Waals surface area (Å²) in [4.78, 5) is 10.6. The fourth-order valence-electron chi connectivity index (χ4n) is 1.76. The third-order valence-electron chi connectivity index (χ3n) is 2.76. The maximum atomic E-state index is 10.6. The number of amides is 1. The molecule has 1 heterocycles. The number of hydrogen-bond donors (Lipinski definition) is 2. The molecule has 2 aromatic rings. The molecular weight excluding hydrogens is 256 g/mol. The van der Waals surface area contributed by atoms with Gasteiger partial charge in [-0.2, -0.15) is 0 Å². The van der Waals surface area contributed by atoms with Gasteiger partial charge < -0.3 is 20.2 Å². The summed E-state index contributed by atoms with van der Waals surface area (Å²) in [6, 6.07) is 11.4. The highest BCUT2D eigenvalue weighted by Gasteiger charge is 1.99. The molecule has 0 fully saturated rings. The molecular formula is C15H18N2O3. The average molecular weight is 274 g/mol. The number of furan rings is 1. The predicted molar refractivity (Wildman–Crippen MR) is 75.3 cm³/mol. The van der Waals surface area contributed by atoms with Crippen molar-refractivity contribution in [1.82, 2.24) is 5.32 Å².